The summed E-state index contributed by atoms with van der Waals surface area (Å²) in [6, 6.07) is 4.06. The molecule has 24 heavy (non-hydrogen) atoms. The zero-order chi connectivity index (χ0) is 16.6. The van der Waals surface area contributed by atoms with Crippen molar-refractivity contribution in [3.8, 4) is 0 Å². The van der Waals surface area contributed by atoms with Crippen LogP contribution in [0.3, 0.4) is 0 Å². The summed E-state index contributed by atoms with van der Waals surface area (Å²) in [6.07, 6.45) is 4.11. The Morgan fingerprint density at radius 3 is 2.71 bits per heavy atom. The van der Waals surface area contributed by atoms with Gasteiger partial charge in [-0.3, -0.25) is 9.59 Å². The maximum Gasteiger partial charge on any atom is 0.270 e. The first-order chi connectivity index (χ1) is 11.7. The monoisotopic (exact) mass is 361 g/mol. The smallest absolute Gasteiger partial charge is 0.270 e. The number of rotatable bonds is 3. The van der Waals surface area contributed by atoms with Crippen LogP contribution in [0.15, 0.2) is 28.4 Å². The molecule has 1 spiro atoms. The van der Waals surface area contributed by atoms with E-state index in [4.69, 9.17) is 0 Å². The van der Waals surface area contributed by atoms with Gasteiger partial charge in [0.2, 0.25) is 0 Å². The number of thiophene rings is 1. The van der Waals surface area contributed by atoms with Crippen molar-refractivity contribution in [3.05, 3.63) is 39.0 Å². The van der Waals surface area contributed by atoms with Gasteiger partial charge in [0.25, 0.3) is 11.8 Å². The molecule has 1 N–H and O–H groups in total. The summed E-state index contributed by atoms with van der Waals surface area (Å²) >= 11 is 2.94. The van der Waals surface area contributed by atoms with E-state index >= 15 is 0 Å². The average molecular weight is 361 g/mol. The third-order valence-corrected chi connectivity index (χ3v) is 6.65. The maximum atomic E-state index is 12.4. The summed E-state index contributed by atoms with van der Waals surface area (Å²) in [5, 5.41) is 6.79. The molecule has 0 atom stereocenters. The highest BCUT2D eigenvalue weighted by Crippen LogP contribution is 2.49. The summed E-state index contributed by atoms with van der Waals surface area (Å²) < 4.78 is 0. The van der Waals surface area contributed by atoms with Crippen molar-refractivity contribution < 1.29 is 9.59 Å². The van der Waals surface area contributed by atoms with E-state index in [-0.39, 0.29) is 17.9 Å². The first-order valence-electron chi connectivity index (χ1n) is 8.17. The largest absolute Gasteiger partial charge is 0.348 e. The van der Waals surface area contributed by atoms with E-state index < -0.39 is 0 Å². The van der Waals surface area contributed by atoms with Crippen molar-refractivity contribution in [2.45, 2.75) is 31.7 Å². The van der Waals surface area contributed by atoms with E-state index in [1.807, 2.05) is 22.4 Å². The molecule has 3 heterocycles. The van der Waals surface area contributed by atoms with Crippen LogP contribution in [0.1, 0.15) is 45.8 Å². The molecule has 1 aliphatic heterocycles. The minimum absolute atomic E-state index is 0.0681. The van der Waals surface area contributed by atoms with E-state index in [1.165, 1.54) is 22.7 Å². The lowest BCUT2D eigenvalue weighted by Gasteiger charge is -2.52. The van der Waals surface area contributed by atoms with Gasteiger partial charge in [-0.15, -0.1) is 22.7 Å². The van der Waals surface area contributed by atoms with Crippen LogP contribution in [0, 0.1) is 5.41 Å². The van der Waals surface area contributed by atoms with Gasteiger partial charge in [0.05, 0.1) is 10.4 Å². The summed E-state index contributed by atoms with van der Waals surface area (Å²) in [7, 11) is 0. The minimum Gasteiger partial charge on any atom is -0.348 e. The number of carbonyl (C=O) groups excluding carboxylic acids is 2. The van der Waals surface area contributed by atoms with Gasteiger partial charge in [0, 0.05) is 24.5 Å². The molecule has 0 radical (unpaired) electrons. The number of nitrogens with one attached hydrogen (secondary N) is 1. The molecule has 1 saturated carbocycles. The van der Waals surface area contributed by atoms with Crippen molar-refractivity contribution in [2.24, 2.45) is 5.41 Å². The highest BCUT2D eigenvalue weighted by atomic mass is 32.1. The zero-order valence-electron chi connectivity index (χ0n) is 13.2. The molecule has 0 unspecified atom stereocenters. The molecule has 2 aromatic rings. The lowest BCUT2D eigenvalue weighted by atomic mass is 9.60. The van der Waals surface area contributed by atoms with Gasteiger partial charge in [-0.1, -0.05) is 6.07 Å². The van der Waals surface area contributed by atoms with Crippen molar-refractivity contribution in [1.29, 1.82) is 0 Å². The quantitative estimate of drug-likeness (QED) is 0.914. The van der Waals surface area contributed by atoms with Crippen LogP contribution in [0.5, 0.6) is 0 Å². The molecule has 2 aromatic heterocycles. The fraction of sp³-hybridized carbons (Fsp3) is 0.471. The molecule has 5 nitrogen and oxygen atoms in total. The van der Waals surface area contributed by atoms with Crippen molar-refractivity contribution in [2.75, 3.05) is 13.1 Å². The van der Waals surface area contributed by atoms with Gasteiger partial charge in [0.15, 0.2) is 0 Å². The standard InChI is InChI=1S/C17H19N3O2S2/c21-15(13-10-23-11-18-13)19-12-8-17(9-12)3-5-20(6-4-17)16(22)14-2-1-7-24-14/h1-2,7,10-12H,3-6,8-9H2,(H,19,21). The average Bonchev–Trinajstić information content (AvgIpc) is 3.26. The first kappa shape index (κ1) is 15.8. The Labute approximate surface area is 148 Å². The number of carbonyl (C=O) groups is 2. The Morgan fingerprint density at radius 1 is 1.29 bits per heavy atom. The Balaban J connectivity index is 1.27. The van der Waals surface area contributed by atoms with Crippen LogP contribution in [-0.2, 0) is 0 Å². The Kier molecular flexibility index (Phi) is 4.14. The molecule has 7 heteroatoms. The maximum absolute atomic E-state index is 12.4. The van der Waals surface area contributed by atoms with Crippen LogP contribution in [0.4, 0.5) is 0 Å². The predicted octanol–water partition coefficient (Wildman–Crippen LogP) is 3.02. The van der Waals surface area contributed by atoms with E-state index in [0.717, 1.165) is 43.6 Å². The number of thiazole rings is 1. The van der Waals surface area contributed by atoms with Gasteiger partial charge in [-0.25, -0.2) is 4.98 Å². The number of nitrogens with zero attached hydrogens (tertiary/aromatic N) is 2. The second-order valence-corrected chi connectivity index (χ2v) is 8.39. The molecule has 2 fully saturated rings. The molecular weight excluding hydrogens is 342 g/mol. The summed E-state index contributed by atoms with van der Waals surface area (Å²) in [5.74, 6) is 0.0916. The van der Waals surface area contributed by atoms with Crippen molar-refractivity contribution in [3.63, 3.8) is 0 Å². The van der Waals surface area contributed by atoms with Crippen molar-refractivity contribution >= 4 is 34.5 Å². The molecule has 1 saturated heterocycles. The summed E-state index contributed by atoms with van der Waals surface area (Å²) in [5.41, 5.74) is 2.50. The predicted molar refractivity (Wildman–Crippen MR) is 94.5 cm³/mol. The van der Waals surface area contributed by atoms with Gasteiger partial charge in [-0.2, -0.15) is 0 Å². The van der Waals surface area contributed by atoms with E-state index in [2.05, 4.69) is 10.3 Å². The van der Waals surface area contributed by atoms with Gasteiger partial charge < -0.3 is 10.2 Å². The van der Waals surface area contributed by atoms with Gasteiger partial charge in [-0.05, 0) is 42.5 Å². The normalized spacial score (nSPS) is 19.9. The second-order valence-electron chi connectivity index (χ2n) is 6.72. The minimum atomic E-state index is -0.0681. The number of aromatic nitrogens is 1. The molecule has 126 valence electrons. The van der Waals surface area contributed by atoms with E-state index in [0.29, 0.717) is 11.1 Å². The SMILES string of the molecule is O=C(NC1CC2(CCN(C(=O)c3cccs3)CC2)C1)c1cscn1. The molecule has 4 rings (SSSR count). The second kappa shape index (κ2) is 6.29. The third-order valence-electron chi connectivity index (χ3n) is 5.20. The zero-order valence-corrected chi connectivity index (χ0v) is 14.9. The summed E-state index contributed by atoms with van der Waals surface area (Å²) in [6.45, 7) is 1.65. The lowest BCUT2D eigenvalue weighted by Crippen LogP contribution is -2.55. The Morgan fingerprint density at radius 2 is 2.08 bits per heavy atom. The number of amides is 2. The molecule has 2 amide bonds. The highest BCUT2D eigenvalue weighted by molar-refractivity contribution is 7.12. The Hall–Kier alpha value is -1.73. The van der Waals surface area contributed by atoms with Crippen LogP contribution >= 0.6 is 22.7 Å². The summed E-state index contributed by atoms with van der Waals surface area (Å²) in [4.78, 5) is 31.3. The fourth-order valence-corrected chi connectivity index (χ4v) is 5.04. The number of hydrogen-bond acceptors (Lipinski definition) is 5. The van der Waals surface area contributed by atoms with Crippen LogP contribution in [0.2, 0.25) is 0 Å². The highest BCUT2D eigenvalue weighted by Gasteiger charge is 2.47. The fourth-order valence-electron chi connectivity index (χ4n) is 3.82. The van der Waals surface area contributed by atoms with E-state index in [1.54, 1.807) is 10.9 Å². The van der Waals surface area contributed by atoms with Crippen LogP contribution in [0.25, 0.3) is 0 Å². The Bertz CT molecular complexity index is 704. The number of piperidine rings is 1. The first-order valence-corrected chi connectivity index (χ1v) is 9.99. The van der Waals surface area contributed by atoms with Gasteiger partial charge in [0.1, 0.15) is 5.69 Å². The molecule has 2 aliphatic rings. The molecule has 1 aliphatic carbocycles. The number of likely N-dealkylation sites (tertiary alicyclic amines) is 1. The van der Waals surface area contributed by atoms with Crippen LogP contribution < -0.4 is 5.32 Å². The number of hydrogen-bond donors (Lipinski definition) is 1. The van der Waals surface area contributed by atoms with Gasteiger partial charge >= 0.3 is 0 Å². The van der Waals surface area contributed by atoms with Crippen molar-refractivity contribution in [1.82, 2.24) is 15.2 Å². The van der Waals surface area contributed by atoms with Crippen LogP contribution in [-0.4, -0.2) is 40.8 Å². The molecular formula is C17H19N3O2S2. The molecule has 0 aromatic carbocycles. The molecule has 0 bridgehead atoms. The third kappa shape index (κ3) is 2.98. The lowest BCUT2D eigenvalue weighted by molar-refractivity contribution is 0.00876. The van der Waals surface area contributed by atoms with E-state index in [9.17, 15) is 9.59 Å². The topological polar surface area (TPSA) is 62.3 Å².